The number of ether oxygens (including phenoxy) is 2. The second-order valence-corrected chi connectivity index (χ2v) is 11.7. The first-order valence-corrected chi connectivity index (χ1v) is 13.4. The maximum absolute atomic E-state index is 5.51. The molecule has 0 saturated heterocycles. The van der Waals surface area contributed by atoms with Crippen molar-refractivity contribution < 1.29 is 39.6 Å². The summed E-state index contributed by atoms with van der Waals surface area (Å²) in [4.78, 5) is 0. The van der Waals surface area contributed by atoms with Gasteiger partial charge in [-0.15, -0.1) is 0 Å². The molecule has 30 heavy (non-hydrogen) atoms. The van der Waals surface area contributed by atoms with Crippen molar-refractivity contribution in [3.05, 3.63) is 0 Å². The van der Waals surface area contributed by atoms with Gasteiger partial charge in [0, 0.05) is 47.5 Å². The van der Waals surface area contributed by atoms with E-state index in [0.29, 0.717) is 6.61 Å². The largest absolute Gasteiger partial charge is 1.00 e. The van der Waals surface area contributed by atoms with Crippen LogP contribution in [0, 0.1) is 0 Å². The zero-order chi connectivity index (χ0) is 21.8. The Morgan fingerprint density at radius 3 is 1.53 bits per heavy atom. The van der Waals surface area contributed by atoms with Gasteiger partial charge in [0.25, 0.3) is 0 Å². The van der Waals surface area contributed by atoms with Gasteiger partial charge in [0.1, 0.15) is 0 Å². The van der Waals surface area contributed by atoms with Gasteiger partial charge in [0.05, 0.1) is 40.4 Å². The molecule has 0 unspecified atom stereocenters. The first-order chi connectivity index (χ1) is 13.9. The molecule has 0 heterocycles. The van der Waals surface area contributed by atoms with Crippen molar-refractivity contribution in [2.75, 3.05) is 75.4 Å². The minimum atomic E-state index is -2.41. The van der Waals surface area contributed by atoms with Gasteiger partial charge >= 0.3 is 8.80 Å². The molecule has 0 saturated carbocycles. The Kier molecular flexibility index (Phi) is 22.9. The third-order valence-electron chi connectivity index (χ3n) is 5.66. The minimum Gasteiger partial charge on any atom is -1.00 e. The van der Waals surface area contributed by atoms with Gasteiger partial charge in [-0.2, -0.15) is 0 Å². The standard InChI is InChI=1S/C22H50NO5Si.ClH/c1-23(2,18-16-22-29(25-4,26-5)27-6)17-14-12-10-8-7-9-11-13-15-19-28-21-20-24-3;/h7-22H2,1-6H3;1H/q+1;/p-1. The number of hydrogen-bond acceptors (Lipinski definition) is 5. The average molecular weight is 472 g/mol. The van der Waals surface area contributed by atoms with Crippen LogP contribution in [0.4, 0.5) is 0 Å². The van der Waals surface area contributed by atoms with E-state index in [-0.39, 0.29) is 12.4 Å². The summed E-state index contributed by atoms with van der Waals surface area (Å²) in [5, 5.41) is 0. The molecule has 0 aromatic heterocycles. The first kappa shape index (κ1) is 32.4. The van der Waals surface area contributed by atoms with E-state index in [9.17, 15) is 0 Å². The second kappa shape index (κ2) is 21.1. The molecule has 0 atom stereocenters. The van der Waals surface area contributed by atoms with E-state index >= 15 is 0 Å². The summed E-state index contributed by atoms with van der Waals surface area (Å²) >= 11 is 0. The molecular formula is C22H50ClNO5Si. The topological polar surface area (TPSA) is 46.2 Å². The third-order valence-corrected chi connectivity index (χ3v) is 8.50. The molecule has 8 heteroatoms. The molecule has 0 bridgehead atoms. The summed E-state index contributed by atoms with van der Waals surface area (Å²) < 4.78 is 28.1. The highest BCUT2D eigenvalue weighted by atomic mass is 35.5. The van der Waals surface area contributed by atoms with Crippen LogP contribution in [0.2, 0.25) is 6.04 Å². The fourth-order valence-electron chi connectivity index (χ4n) is 3.62. The van der Waals surface area contributed by atoms with Crippen molar-refractivity contribution in [1.82, 2.24) is 0 Å². The molecule has 6 nitrogen and oxygen atoms in total. The van der Waals surface area contributed by atoms with Gasteiger partial charge in [0.15, 0.2) is 0 Å². The lowest BCUT2D eigenvalue weighted by Crippen LogP contribution is -3.00. The Labute approximate surface area is 194 Å². The lowest BCUT2D eigenvalue weighted by molar-refractivity contribution is -0.890. The number of quaternary nitrogens is 1. The molecule has 0 N–H and O–H groups in total. The molecule has 0 aliphatic rings. The highest BCUT2D eigenvalue weighted by molar-refractivity contribution is 6.60. The lowest BCUT2D eigenvalue weighted by Gasteiger charge is -2.31. The van der Waals surface area contributed by atoms with Crippen molar-refractivity contribution in [2.45, 2.75) is 70.3 Å². The van der Waals surface area contributed by atoms with E-state index in [0.717, 1.165) is 36.7 Å². The van der Waals surface area contributed by atoms with Crippen molar-refractivity contribution in [2.24, 2.45) is 0 Å². The van der Waals surface area contributed by atoms with Crippen LogP contribution in [0.5, 0.6) is 0 Å². The van der Waals surface area contributed by atoms with Gasteiger partial charge in [-0.3, -0.25) is 0 Å². The van der Waals surface area contributed by atoms with Crippen LogP contribution < -0.4 is 12.4 Å². The van der Waals surface area contributed by atoms with Crippen molar-refractivity contribution in [3.8, 4) is 0 Å². The van der Waals surface area contributed by atoms with Crippen LogP contribution in [-0.4, -0.2) is 88.7 Å². The van der Waals surface area contributed by atoms with Gasteiger partial charge in [-0.1, -0.05) is 38.5 Å². The summed E-state index contributed by atoms with van der Waals surface area (Å²) in [6.07, 6.45) is 13.0. The Hall–Kier alpha value is 0.267. The lowest BCUT2D eigenvalue weighted by atomic mass is 10.1. The van der Waals surface area contributed by atoms with Crippen molar-refractivity contribution >= 4 is 8.80 Å². The smallest absolute Gasteiger partial charge is 0.500 e. The third kappa shape index (κ3) is 17.9. The Bertz CT molecular complexity index is 352. The molecule has 0 spiro atoms. The van der Waals surface area contributed by atoms with Crippen LogP contribution in [0.3, 0.4) is 0 Å². The predicted octanol–water partition coefficient (Wildman–Crippen LogP) is 1.51. The zero-order valence-electron chi connectivity index (χ0n) is 20.7. The van der Waals surface area contributed by atoms with Crippen LogP contribution in [-0.2, 0) is 22.8 Å². The average Bonchev–Trinajstić information content (AvgIpc) is 2.71. The van der Waals surface area contributed by atoms with Gasteiger partial charge in [-0.05, 0) is 19.3 Å². The summed E-state index contributed by atoms with van der Waals surface area (Å²) in [6, 6.07) is 0.886. The zero-order valence-corrected chi connectivity index (χ0v) is 22.4. The molecule has 0 radical (unpaired) electrons. The van der Waals surface area contributed by atoms with Crippen LogP contribution in [0.15, 0.2) is 0 Å². The van der Waals surface area contributed by atoms with Gasteiger partial charge in [0.2, 0.25) is 0 Å². The number of methoxy groups -OCH3 is 1. The Morgan fingerprint density at radius 1 is 0.567 bits per heavy atom. The molecule has 0 rings (SSSR count). The molecule has 0 aliphatic heterocycles. The SMILES string of the molecule is COCCOCCCCCCCCCCC[N+](C)(C)CCC[Si](OC)(OC)OC.[Cl-]. The summed E-state index contributed by atoms with van der Waals surface area (Å²) in [6.45, 7) is 4.68. The monoisotopic (exact) mass is 471 g/mol. The van der Waals surface area contributed by atoms with Crippen LogP contribution in [0.25, 0.3) is 0 Å². The number of rotatable bonds is 22. The maximum Gasteiger partial charge on any atom is 0.500 e. The highest BCUT2D eigenvalue weighted by Gasteiger charge is 2.37. The number of unbranched alkanes of at least 4 members (excludes halogenated alkanes) is 8. The van der Waals surface area contributed by atoms with Crippen LogP contribution >= 0.6 is 0 Å². The fraction of sp³-hybridized carbons (Fsp3) is 1.00. The molecule has 0 fully saturated rings. The fourth-order valence-corrected chi connectivity index (χ4v) is 5.32. The highest BCUT2D eigenvalue weighted by Crippen LogP contribution is 2.17. The Balaban J connectivity index is 0. The quantitative estimate of drug-likeness (QED) is 0.136. The molecule has 184 valence electrons. The summed E-state index contributed by atoms with van der Waals surface area (Å²) in [5.41, 5.74) is 0. The normalized spacial score (nSPS) is 12.2. The van der Waals surface area contributed by atoms with Crippen molar-refractivity contribution in [3.63, 3.8) is 0 Å². The minimum absolute atomic E-state index is 0. The molecule has 0 aromatic rings. The van der Waals surface area contributed by atoms with E-state index in [1.165, 1.54) is 64.3 Å². The van der Waals surface area contributed by atoms with Gasteiger partial charge in [-0.25, -0.2) is 0 Å². The van der Waals surface area contributed by atoms with Crippen LogP contribution in [0.1, 0.15) is 64.2 Å². The van der Waals surface area contributed by atoms with E-state index in [2.05, 4.69) is 14.1 Å². The molecule has 0 amide bonds. The maximum atomic E-state index is 5.51. The molecule has 0 aromatic carbocycles. The summed E-state index contributed by atoms with van der Waals surface area (Å²) in [5.74, 6) is 0. The molecular weight excluding hydrogens is 422 g/mol. The van der Waals surface area contributed by atoms with E-state index in [1.807, 2.05) is 0 Å². The predicted molar refractivity (Wildman–Crippen MR) is 122 cm³/mol. The number of nitrogens with zero attached hydrogens (tertiary/aromatic N) is 1. The van der Waals surface area contributed by atoms with Gasteiger partial charge < -0.3 is 39.6 Å². The number of hydrogen-bond donors (Lipinski definition) is 0. The van der Waals surface area contributed by atoms with Crippen molar-refractivity contribution in [1.29, 1.82) is 0 Å². The first-order valence-electron chi connectivity index (χ1n) is 11.5. The summed E-state index contributed by atoms with van der Waals surface area (Å²) in [7, 11) is 9.03. The second-order valence-electron chi connectivity index (χ2n) is 8.57. The molecule has 0 aliphatic carbocycles. The van der Waals surface area contributed by atoms with E-state index in [1.54, 1.807) is 28.4 Å². The van der Waals surface area contributed by atoms with E-state index in [4.69, 9.17) is 22.8 Å². The number of halogens is 1. The van der Waals surface area contributed by atoms with E-state index < -0.39 is 8.80 Å². The Morgan fingerprint density at radius 2 is 1.03 bits per heavy atom.